The van der Waals surface area contributed by atoms with Gasteiger partial charge in [-0.25, -0.2) is 0 Å². The van der Waals surface area contributed by atoms with Gasteiger partial charge < -0.3 is 5.32 Å². The minimum absolute atomic E-state index is 0.764. The van der Waals surface area contributed by atoms with Crippen LogP contribution in [0.5, 0.6) is 0 Å². The number of hydrogen-bond donors (Lipinski definition) is 1. The van der Waals surface area contributed by atoms with E-state index in [2.05, 4.69) is 19.2 Å². The summed E-state index contributed by atoms with van der Waals surface area (Å²) < 4.78 is 0. The second-order valence-corrected chi connectivity index (χ2v) is 2.51. The van der Waals surface area contributed by atoms with Crippen LogP contribution in [0.2, 0.25) is 0 Å². The molecule has 0 aromatic heterocycles. The van der Waals surface area contributed by atoms with Crippen LogP contribution >= 0.6 is 0 Å². The fourth-order valence-corrected chi connectivity index (χ4v) is 0.990. The molecule has 1 fully saturated rings. The molecular formula is C6H13N. The minimum atomic E-state index is 0.764. The summed E-state index contributed by atoms with van der Waals surface area (Å²) in [5.41, 5.74) is 0. The molecule has 1 heteroatoms. The zero-order valence-electron chi connectivity index (χ0n) is 5.07. The van der Waals surface area contributed by atoms with Gasteiger partial charge in [0, 0.05) is 6.04 Å². The summed E-state index contributed by atoms with van der Waals surface area (Å²) in [6.45, 7) is 5.77. The molecule has 0 aliphatic carbocycles. The van der Waals surface area contributed by atoms with Crippen LogP contribution in [0.1, 0.15) is 20.3 Å². The van der Waals surface area contributed by atoms with Crippen molar-refractivity contribution in [1.29, 1.82) is 0 Å². The Morgan fingerprint density at radius 3 is 2.29 bits per heavy atom. The van der Waals surface area contributed by atoms with E-state index >= 15 is 0 Å². The van der Waals surface area contributed by atoms with E-state index < -0.39 is 0 Å². The Morgan fingerprint density at radius 2 is 2.14 bits per heavy atom. The Labute approximate surface area is 45.1 Å². The fourth-order valence-electron chi connectivity index (χ4n) is 0.990. The molecule has 2 unspecified atom stereocenters. The molecule has 1 heterocycles. The highest BCUT2D eigenvalue weighted by molar-refractivity contribution is 4.75. The first-order valence-electron chi connectivity index (χ1n) is 3.04. The van der Waals surface area contributed by atoms with E-state index in [0.717, 1.165) is 12.0 Å². The molecule has 0 saturated carbocycles. The lowest BCUT2D eigenvalue weighted by Gasteiger charge is -2.05. The maximum atomic E-state index is 3.37. The van der Waals surface area contributed by atoms with Crippen molar-refractivity contribution in [3.63, 3.8) is 0 Å². The van der Waals surface area contributed by atoms with Crippen molar-refractivity contribution in [3.05, 3.63) is 0 Å². The highest BCUT2D eigenvalue weighted by Crippen LogP contribution is 2.12. The third kappa shape index (κ3) is 0.942. The molecule has 0 aromatic carbocycles. The molecule has 0 bridgehead atoms. The van der Waals surface area contributed by atoms with Gasteiger partial charge >= 0.3 is 0 Å². The second-order valence-electron chi connectivity index (χ2n) is 2.51. The van der Waals surface area contributed by atoms with Gasteiger partial charge in [0.25, 0.3) is 0 Å². The van der Waals surface area contributed by atoms with Crippen molar-refractivity contribution >= 4 is 0 Å². The minimum Gasteiger partial charge on any atom is -0.314 e. The predicted molar refractivity (Wildman–Crippen MR) is 31.2 cm³/mol. The van der Waals surface area contributed by atoms with Crippen molar-refractivity contribution in [2.45, 2.75) is 26.3 Å². The Balaban J connectivity index is 2.33. The van der Waals surface area contributed by atoms with Crippen LogP contribution in [-0.2, 0) is 0 Å². The lowest BCUT2D eigenvalue weighted by molar-refractivity contribution is 0.519. The van der Waals surface area contributed by atoms with Crippen LogP contribution in [0.25, 0.3) is 0 Å². The van der Waals surface area contributed by atoms with E-state index in [4.69, 9.17) is 0 Å². The van der Waals surface area contributed by atoms with Crippen molar-refractivity contribution in [2.24, 2.45) is 5.92 Å². The van der Waals surface area contributed by atoms with Crippen LogP contribution in [0.4, 0.5) is 0 Å². The molecule has 1 saturated heterocycles. The quantitative estimate of drug-likeness (QED) is 0.478. The number of rotatable bonds is 0. The lowest BCUT2D eigenvalue weighted by atomic mass is 10.1. The largest absolute Gasteiger partial charge is 0.314 e. The highest BCUT2D eigenvalue weighted by Gasteiger charge is 2.16. The van der Waals surface area contributed by atoms with Gasteiger partial charge in [-0.15, -0.1) is 0 Å². The molecule has 0 radical (unpaired) electrons. The predicted octanol–water partition coefficient (Wildman–Crippen LogP) is 1.00. The molecule has 1 aliphatic rings. The van der Waals surface area contributed by atoms with Crippen molar-refractivity contribution in [2.75, 3.05) is 6.54 Å². The number of nitrogens with one attached hydrogen (secondary N) is 1. The SMILES string of the molecule is CC1CCNC1C. The van der Waals surface area contributed by atoms with Crippen LogP contribution in [-0.4, -0.2) is 12.6 Å². The average Bonchev–Trinajstić information content (AvgIpc) is 1.91. The van der Waals surface area contributed by atoms with Crippen LogP contribution in [0.15, 0.2) is 0 Å². The second kappa shape index (κ2) is 1.83. The summed E-state index contributed by atoms with van der Waals surface area (Å²) in [7, 11) is 0. The summed E-state index contributed by atoms with van der Waals surface area (Å²) in [5.74, 6) is 0.903. The van der Waals surface area contributed by atoms with Crippen molar-refractivity contribution < 1.29 is 0 Å². The third-order valence-corrected chi connectivity index (χ3v) is 1.92. The monoisotopic (exact) mass is 99.1 g/mol. The topological polar surface area (TPSA) is 12.0 Å². The van der Waals surface area contributed by atoms with Crippen LogP contribution in [0.3, 0.4) is 0 Å². The van der Waals surface area contributed by atoms with Gasteiger partial charge in [-0.3, -0.25) is 0 Å². The first-order chi connectivity index (χ1) is 3.30. The first-order valence-corrected chi connectivity index (χ1v) is 3.04. The highest BCUT2D eigenvalue weighted by atomic mass is 14.9. The molecule has 0 amide bonds. The Bertz CT molecular complexity index is 53.2. The van der Waals surface area contributed by atoms with E-state index in [9.17, 15) is 0 Å². The van der Waals surface area contributed by atoms with E-state index in [1.165, 1.54) is 13.0 Å². The van der Waals surface area contributed by atoms with Crippen LogP contribution in [0, 0.1) is 5.92 Å². The van der Waals surface area contributed by atoms with E-state index in [0.29, 0.717) is 0 Å². The maximum absolute atomic E-state index is 3.37. The standard InChI is InChI=1S/C6H13N/c1-5-3-4-7-6(5)2/h5-7H,3-4H2,1-2H3. The zero-order chi connectivity index (χ0) is 5.28. The van der Waals surface area contributed by atoms with E-state index in [1.54, 1.807) is 0 Å². The van der Waals surface area contributed by atoms with Crippen molar-refractivity contribution in [3.8, 4) is 0 Å². The molecule has 7 heavy (non-hydrogen) atoms. The maximum Gasteiger partial charge on any atom is 0.00648 e. The van der Waals surface area contributed by atoms with Crippen LogP contribution < -0.4 is 5.32 Å². The molecule has 1 rings (SSSR count). The van der Waals surface area contributed by atoms with Gasteiger partial charge in [-0.1, -0.05) is 6.92 Å². The fraction of sp³-hybridized carbons (Fsp3) is 1.00. The van der Waals surface area contributed by atoms with Gasteiger partial charge in [0.15, 0.2) is 0 Å². The summed E-state index contributed by atoms with van der Waals surface area (Å²) in [5, 5.41) is 3.37. The molecule has 1 nitrogen and oxygen atoms in total. The van der Waals surface area contributed by atoms with E-state index in [-0.39, 0.29) is 0 Å². The summed E-state index contributed by atoms with van der Waals surface area (Å²) in [6, 6.07) is 0.764. The van der Waals surface area contributed by atoms with Crippen molar-refractivity contribution in [1.82, 2.24) is 5.32 Å². The summed E-state index contributed by atoms with van der Waals surface area (Å²) >= 11 is 0. The zero-order valence-corrected chi connectivity index (χ0v) is 5.07. The Hall–Kier alpha value is -0.0400. The molecule has 1 N–H and O–H groups in total. The number of hydrogen-bond acceptors (Lipinski definition) is 1. The summed E-state index contributed by atoms with van der Waals surface area (Å²) in [4.78, 5) is 0. The molecule has 2 atom stereocenters. The molecular weight excluding hydrogens is 86.1 g/mol. The lowest BCUT2D eigenvalue weighted by Crippen LogP contribution is -2.20. The molecule has 42 valence electrons. The average molecular weight is 99.2 g/mol. The molecule has 0 spiro atoms. The Kier molecular flexibility index (Phi) is 1.33. The van der Waals surface area contributed by atoms with Gasteiger partial charge in [-0.05, 0) is 25.8 Å². The third-order valence-electron chi connectivity index (χ3n) is 1.92. The van der Waals surface area contributed by atoms with E-state index in [1.807, 2.05) is 0 Å². The molecule has 1 aliphatic heterocycles. The summed E-state index contributed by atoms with van der Waals surface area (Å²) in [6.07, 6.45) is 1.36. The smallest absolute Gasteiger partial charge is 0.00648 e. The van der Waals surface area contributed by atoms with Gasteiger partial charge in [0.2, 0.25) is 0 Å². The Morgan fingerprint density at radius 1 is 1.43 bits per heavy atom. The first kappa shape index (κ1) is 5.10. The van der Waals surface area contributed by atoms with Gasteiger partial charge in [-0.2, -0.15) is 0 Å². The normalized spacial score (nSPS) is 42.0. The van der Waals surface area contributed by atoms with Gasteiger partial charge in [0.1, 0.15) is 0 Å². The van der Waals surface area contributed by atoms with Gasteiger partial charge in [0.05, 0.1) is 0 Å². The molecule has 0 aromatic rings.